The second kappa shape index (κ2) is 9.20. The highest BCUT2D eigenvalue weighted by atomic mass is 35.5. The van der Waals surface area contributed by atoms with Gasteiger partial charge in [-0.05, 0) is 43.7 Å². The van der Waals surface area contributed by atoms with E-state index >= 15 is 0 Å². The number of rotatable bonds is 5. The third kappa shape index (κ3) is 4.64. The van der Waals surface area contributed by atoms with Crippen LogP contribution in [-0.2, 0) is 24.1 Å². The molecule has 1 aliphatic heterocycles. The molecule has 4 rings (SSSR count). The van der Waals surface area contributed by atoms with Crippen LogP contribution >= 0.6 is 23.7 Å². The minimum atomic E-state index is -0.0534. The van der Waals surface area contributed by atoms with Gasteiger partial charge < -0.3 is 15.6 Å². The van der Waals surface area contributed by atoms with Crippen LogP contribution in [0.4, 0.5) is 0 Å². The number of aromatic nitrogens is 2. The van der Waals surface area contributed by atoms with Gasteiger partial charge in [-0.15, -0.1) is 23.7 Å². The van der Waals surface area contributed by atoms with Crippen molar-refractivity contribution >= 4 is 39.9 Å². The molecule has 6 nitrogen and oxygen atoms in total. The van der Waals surface area contributed by atoms with Crippen molar-refractivity contribution in [2.45, 2.75) is 45.4 Å². The fraction of sp³-hybridized carbons (Fsp3) is 0.550. The second-order valence-electron chi connectivity index (χ2n) is 7.64. The van der Waals surface area contributed by atoms with E-state index in [-0.39, 0.29) is 23.9 Å². The van der Waals surface area contributed by atoms with Gasteiger partial charge in [-0.2, -0.15) is 0 Å². The maximum absolute atomic E-state index is 12.6. The maximum Gasteiger partial charge on any atom is 0.259 e. The topological polar surface area (TPSA) is 86.9 Å². The third-order valence-electron chi connectivity index (χ3n) is 5.47. The monoisotopic (exact) mass is 422 g/mol. The highest BCUT2D eigenvalue weighted by Crippen LogP contribution is 2.35. The van der Waals surface area contributed by atoms with Gasteiger partial charge in [-0.1, -0.05) is 18.6 Å². The summed E-state index contributed by atoms with van der Waals surface area (Å²) in [5.74, 6) is 1.27. The Bertz CT molecular complexity index is 950. The Morgan fingerprint density at radius 2 is 2.25 bits per heavy atom. The van der Waals surface area contributed by atoms with Crippen LogP contribution in [0, 0.1) is 5.92 Å². The number of carbonyl (C=O) groups is 1. The van der Waals surface area contributed by atoms with Crippen molar-refractivity contribution in [2.75, 3.05) is 19.6 Å². The molecule has 152 valence electrons. The summed E-state index contributed by atoms with van der Waals surface area (Å²) in [5.41, 5.74) is 2.41. The summed E-state index contributed by atoms with van der Waals surface area (Å²) in [6, 6.07) is 0. The summed E-state index contributed by atoms with van der Waals surface area (Å²) in [6.07, 6.45) is 7.04. The molecule has 28 heavy (non-hydrogen) atoms. The lowest BCUT2D eigenvalue weighted by atomic mass is 9.89. The molecule has 1 unspecified atom stereocenters. The molecule has 1 amide bonds. The third-order valence-corrected chi connectivity index (χ3v) is 6.62. The number of amides is 1. The molecule has 8 heteroatoms. The Hall–Kier alpha value is -1.70. The van der Waals surface area contributed by atoms with Gasteiger partial charge in [0.05, 0.1) is 5.39 Å². The number of hydrogen-bond donors (Lipinski definition) is 3. The number of halogens is 1. The van der Waals surface area contributed by atoms with E-state index in [1.165, 1.54) is 16.0 Å². The largest absolute Gasteiger partial charge is 0.352 e. The Morgan fingerprint density at radius 3 is 3.04 bits per heavy atom. The lowest BCUT2D eigenvalue weighted by molar-refractivity contribution is -0.120. The number of thiophene rings is 1. The fourth-order valence-electron chi connectivity index (χ4n) is 3.87. The van der Waals surface area contributed by atoms with Gasteiger partial charge >= 0.3 is 0 Å². The summed E-state index contributed by atoms with van der Waals surface area (Å²) in [7, 11) is 0. The number of nitrogens with zero attached hydrogens (tertiary/aromatic N) is 1. The molecule has 0 radical (unpaired) electrons. The summed E-state index contributed by atoms with van der Waals surface area (Å²) >= 11 is 1.65. The molecular weight excluding hydrogens is 396 g/mol. The lowest BCUT2D eigenvalue weighted by Gasteiger charge is -2.17. The fourth-order valence-corrected chi connectivity index (χ4v) is 5.28. The zero-order chi connectivity index (χ0) is 18.8. The van der Waals surface area contributed by atoms with Crippen molar-refractivity contribution in [3.05, 3.63) is 38.3 Å². The molecule has 0 fully saturated rings. The second-order valence-corrected chi connectivity index (χ2v) is 8.72. The first-order valence-corrected chi connectivity index (χ1v) is 10.6. The number of H-pyrrole nitrogens is 1. The quantitative estimate of drug-likeness (QED) is 0.646. The van der Waals surface area contributed by atoms with E-state index in [0.29, 0.717) is 31.1 Å². The van der Waals surface area contributed by atoms with Crippen molar-refractivity contribution in [1.29, 1.82) is 0 Å². The normalized spacial score (nSPS) is 18.9. The van der Waals surface area contributed by atoms with E-state index in [2.05, 4.69) is 33.6 Å². The SMILES string of the molecule is CC1CCc2c(sc3nc(CCC(=O)NCC4=CCNCC4)[nH]c(=O)c23)C1.Cl. The number of aryl methyl sites for hydroxylation is 2. The van der Waals surface area contributed by atoms with Crippen LogP contribution in [0.2, 0.25) is 0 Å². The Kier molecular flexibility index (Phi) is 6.91. The molecule has 3 N–H and O–H groups in total. The van der Waals surface area contributed by atoms with Gasteiger partial charge in [0.15, 0.2) is 0 Å². The average molecular weight is 423 g/mol. The molecule has 1 atom stereocenters. The zero-order valence-corrected chi connectivity index (χ0v) is 17.7. The Morgan fingerprint density at radius 1 is 1.39 bits per heavy atom. The van der Waals surface area contributed by atoms with E-state index < -0.39 is 0 Å². The van der Waals surface area contributed by atoms with Crippen LogP contribution < -0.4 is 16.2 Å². The highest BCUT2D eigenvalue weighted by Gasteiger charge is 2.23. The molecule has 0 aromatic carbocycles. The molecule has 2 aliphatic rings. The van der Waals surface area contributed by atoms with Crippen LogP contribution in [0.1, 0.15) is 42.5 Å². The van der Waals surface area contributed by atoms with E-state index in [1.807, 2.05) is 0 Å². The van der Waals surface area contributed by atoms with Gasteiger partial charge in [0.1, 0.15) is 10.7 Å². The van der Waals surface area contributed by atoms with Crippen LogP contribution in [0.15, 0.2) is 16.4 Å². The van der Waals surface area contributed by atoms with Crippen molar-refractivity contribution in [3.63, 3.8) is 0 Å². The predicted molar refractivity (Wildman–Crippen MR) is 116 cm³/mol. The number of aromatic amines is 1. The molecule has 3 heterocycles. The zero-order valence-electron chi connectivity index (χ0n) is 16.1. The van der Waals surface area contributed by atoms with Crippen LogP contribution in [0.3, 0.4) is 0 Å². The van der Waals surface area contributed by atoms with Gasteiger partial charge in [-0.3, -0.25) is 9.59 Å². The molecule has 0 saturated heterocycles. The molecule has 0 bridgehead atoms. The van der Waals surface area contributed by atoms with E-state index in [1.54, 1.807) is 11.3 Å². The van der Waals surface area contributed by atoms with Gasteiger partial charge in [0.25, 0.3) is 5.56 Å². The van der Waals surface area contributed by atoms with Crippen LogP contribution in [-0.4, -0.2) is 35.5 Å². The van der Waals surface area contributed by atoms with Gasteiger partial charge in [0, 0.05) is 30.8 Å². The maximum atomic E-state index is 12.6. The van der Waals surface area contributed by atoms with E-state index in [4.69, 9.17) is 0 Å². The predicted octanol–water partition coefficient (Wildman–Crippen LogP) is 2.50. The van der Waals surface area contributed by atoms with Crippen molar-refractivity contribution in [3.8, 4) is 0 Å². The number of fused-ring (bicyclic) bond motifs is 3. The summed E-state index contributed by atoms with van der Waals surface area (Å²) in [6.45, 7) is 4.71. The average Bonchev–Trinajstić information content (AvgIpc) is 3.03. The summed E-state index contributed by atoms with van der Waals surface area (Å²) in [5, 5.41) is 7.00. The molecule has 2 aromatic rings. The van der Waals surface area contributed by atoms with E-state index in [0.717, 1.165) is 49.0 Å². The highest BCUT2D eigenvalue weighted by molar-refractivity contribution is 7.18. The number of carbonyl (C=O) groups excluding carboxylic acids is 1. The van der Waals surface area contributed by atoms with Crippen molar-refractivity contribution in [1.82, 2.24) is 20.6 Å². The molecule has 0 saturated carbocycles. The number of hydrogen-bond acceptors (Lipinski definition) is 5. The summed E-state index contributed by atoms with van der Waals surface area (Å²) in [4.78, 5) is 34.4. The lowest BCUT2D eigenvalue weighted by Crippen LogP contribution is -2.30. The minimum absolute atomic E-state index is 0. The summed E-state index contributed by atoms with van der Waals surface area (Å²) < 4.78 is 0. The standard InChI is InChI=1S/C20H26N4O2S.ClH/c1-12-2-3-14-15(10-12)27-20-18(14)19(26)23-16(24-20)4-5-17(25)22-11-13-6-8-21-9-7-13;/h6,12,21H,2-5,7-11H2,1H3,(H,22,25)(H,23,24,26);1H. The first-order valence-electron chi connectivity index (χ1n) is 9.79. The van der Waals surface area contributed by atoms with Crippen LogP contribution in [0.5, 0.6) is 0 Å². The minimum Gasteiger partial charge on any atom is -0.352 e. The first kappa shape index (κ1) is 21.0. The molecular formula is C20H27ClN4O2S. The van der Waals surface area contributed by atoms with Gasteiger partial charge in [-0.25, -0.2) is 4.98 Å². The van der Waals surface area contributed by atoms with E-state index in [9.17, 15) is 9.59 Å². The van der Waals surface area contributed by atoms with Crippen molar-refractivity contribution < 1.29 is 4.79 Å². The number of nitrogens with one attached hydrogen (secondary N) is 3. The smallest absolute Gasteiger partial charge is 0.259 e. The molecule has 1 aliphatic carbocycles. The van der Waals surface area contributed by atoms with Gasteiger partial charge in [0.2, 0.25) is 5.91 Å². The Balaban J connectivity index is 0.00000225. The molecule has 2 aromatic heterocycles. The first-order chi connectivity index (χ1) is 13.1. The molecule has 0 spiro atoms. The van der Waals surface area contributed by atoms with Crippen molar-refractivity contribution in [2.24, 2.45) is 5.92 Å². The van der Waals surface area contributed by atoms with Crippen LogP contribution in [0.25, 0.3) is 10.2 Å². The Labute approximate surface area is 174 Å².